The molecule has 8 heteroatoms. The first-order valence-electron chi connectivity index (χ1n) is 7.56. The third-order valence-corrected chi connectivity index (χ3v) is 3.88. The van der Waals surface area contributed by atoms with Crippen molar-refractivity contribution in [2.45, 2.75) is 25.3 Å². The molecule has 5 nitrogen and oxygen atoms in total. The van der Waals surface area contributed by atoms with Gasteiger partial charge in [0.2, 0.25) is 11.8 Å². The summed E-state index contributed by atoms with van der Waals surface area (Å²) in [6, 6.07) is 9.17. The van der Waals surface area contributed by atoms with E-state index in [0.29, 0.717) is 17.3 Å². The normalized spacial score (nSPS) is 18.6. The fourth-order valence-corrected chi connectivity index (χ4v) is 2.64. The van der Waals surface area contributed by atoms with E-state index in [1.165, 1.54) is 30.5 Å². The second-order valence-electron chi connectivity index (χ2n) is 5.70. The molecule has 1 aromatic carbocycles. The van der Waals surface area contributed by atoms with Crippen molar-refractivity contribution in [3.8, 4) is 11.6 Å². The van der Waals surface area contributed by atoms with Gasteiger partial charge in [-0.2, -0.15) is 0 Å². The van der Waals surface area contributed by atoms with E-state index >= 15 is 0 Å². The predicted molar refractivity (Wildman–Crippen MR) is 99.2 cm³/mol. The van der Waals surface area contributed by atoms with Crippen molar-refractivity contribution in [1.29, 1.82) is 0 Å². The van der Waals surface area contributed by atoms with Gasteiger partial charge in [0.25, 0.3) is 0 Å². The van der Waals surface area contributed by atoms with Crippen molar-refractivity contribution >= 4 is 36.4 Å². The van der Waals surface area contributed by atoms with E-state index in [-0.39, 0.29) is 48.5 Å². The van der Waals surface area contributed by atoms with Crippen LogP contribution in [-0.2, 0) is 4.79 Å². The van der Waals surface area contributed by atoms with E-state index in [2.05, 4.69) is 10.3 Å². The van der Waals surface area contributed by atoms with Crippen LogP contribution in [0.15, 0.2) is 42.6 Å². The van der Waals surface area contributed by atoms with Gasteiger partial charge in [-0.3, -0.25) is 4.79 Å². The lowest BCUT2D eigenvalue weighted by Crippen LogP contribution is -2.23. The molecule has 0 spiro atoms. The number of carbonyl (C=O) groups excluding carboxylic acids is 1. The van der Waals surface area contributed by atoms with Crippen LogP contribution in [0.2, 0.25) is 0 Å². The molecule has 3 rings (SSSR count). The fourth-order valence-electron chi connectivity index (χ4n) is 2.64. The van der Waals surface area contributed by atoms with Gasteiger partial charge in [-0.15, -0.1) is 24.8 Å². The number of ether oxygens (including phenoxy) is 1. The molecule has 3 N–H and O–H groups in total. The molecule has 1 saturated carbocycles. The Morgan fingerprint density at radius 3 is 2.44 bits per heavy atom. The van der Waals surface area contributed by atoms with E-state index in [9.17, 15) is 9.18 Å². The first-order valence-corrected chi connectivity index (χ1v) is 7.56. The van der Waals surface area contributed by atoms with Crippen LogP contribution in [0.25, 0.3) is 0 Å². The largest absolute Gasteiger partial charge is 0.439 e. The van der Waals surface area contributed by atoms with Gasteiger partial charge < -0.3 is 15.8 Å². The zero-order valence-electron chi connectivity index (χ0n) is 13.4. The number of aromatic nitrogens is 1. The maximum absolute atomic E-state index is 12.8. The number of carbonyl (C=O) groups is 1. The minimum atomic E-state index is -0.324. The minimum absolute atomic E-state index is 0. The van der Waals surface area contributed by atoms with E-state index in [1.54, 1.807) is 12.1 Å². The van der Waals surface area contributed by atoms with Gasteiger partial charge in [-0.1, -0.05) is 0 Å². The highest BCUT2D eigenvalue weighted by Gasteiger charge is 2.27. The highest BCUT2D eigenvalue weighted by atomic mass is 35.5. The summed E-state index contributed by atoms with van der Waals surface area (Å²) in [5, 5.41) is 2.84. The van der Waals surface area contributed by atoms with Crippen LogP contribution >= 0.6 is 24.8 Å². The minimum Gasteiger partial charge on any atom is -0.439 e. The molecular formula is C17H20Cl2FN3O2. The SMILES string of the molecule is Cl.Cl.NC1CCC(C(=O)Nc2ccc(Oc3ccc(F)cc3)nc2)C1. The smallest absolute Gasteiger partial charge is 0.227 e. The Labute approximate surface area is 158 Å². The quantitative estimate of drug-likeness (QED) is 0.832. The lowest BCUT2D eigenvalue weighted by Gasteiger charge is -2.11. The number of amides is 1. The summed E-state index contributed by atoms with van der Waals surface area (Å²) in [5.41, 5.74) is 6.44. The molecular weight excluding hydrogens is 368 g/mol. The topological polar surface area (TPSA) is 77.2 Å². The zero-order valence-corrected chi connectivity index (χ0v) is 15.0. The highest BCUT2D eigenvalue weighted by Crippen LogP contribution is 2.26. The maximum Gasteiger partial charge on any atom is 0.227 e. The summed E-state index contributed by atoms with van der Waals surface area (Å²) >= 11 is 0. The van der Waals surface area contributed by atoms with Crippen LogP contribution in [0.5, 0.6) is 11.6 Å². The van der Waals surface area contributed by atoms with Crippen LogP contribution in [0, 0.1) is 11.7 Å². The van der Waals surface area contributed by atoms with Gasteiger partial charge in [0.05, 0.1) is 11.9 Å². The lowest BCUT2D eigenvalue weighted by molar-refractivity contribution is -0.119. The Kier molecular flexibility index (Phi) is 8.09. The number of hydrogen-bond acceptors (Lipinski definition) is 4. The number of anilines is 1. The number of hydrogen-bond donors (Lipinski definition) is 2. The molecule has 1 fully saturated rings. The Morgan fingerprint density at radius 1 is 1.16 bits per heavy atom. The summed E-state index contributed by atoms with van der Waals surface area (Å²) < 4.78 is 18.3. The summed E-state index contributed by atoms with van der Waals surface area (Å²) in [7, 11) is 0. The summed E-state index contributed by atoms with van der Waals surface area (Å²) in [6.07, 6.45) is 3.98. The van der Waals surface area contributed by atoms with Crippen molar-refractivity contribution in [3.05, 3.63) is 48.4 Å². The number of nitrogens with two attached hydrogens (primary N) is 1. The molecule has 25 heavy (non-hydrogen) atoms. The van der Waals surface area contributed by atoms with Gasteiger partial charge in [0.1, 0.15) is 11.6 Å². The zero-order chi connectivity index (χ0) is 16.2. The van der Waals surface area contributed by atoms with Crippen LogP contribution in [0.3, 0.4) is 0 Å². The molecule has 1 aromatic heterocycles. The maximum atomic E-state index is 12.8. The molecule has 2 unspecified atom stereocenters. The van der Waals surface area contributed by atoms with E-state index < -0.39 is 0 Å². The van der Waals surface area contributed by atoms with Crippen LogP contribution in [0.1, 0.15) is 19.3 Å². The average molecular weight is 388 g/mol. The Hall–Kier alpha value is -1.89. The van der Waals surface area contributed by atoms with Crippen LogP contribution in [0.4, 0.5) is 10.1 Å². The molecule has 136 valence electrons. The van der Waals surface area contributed by atoms with Gasteiger partial charge in [0, 0.05) is 18.0 Å². The molecule has 1 heterocycles. The number of pyridine rings is 1. The van der Waals surface area contributed by atoms with Crippen molar-refractivity contribution in [2.24, 2.45) is 11.7 Å². The van der Waals surface area contributed by atoms with Crippen LogP contribution in [-0.4, -0.2) is 16.9 Å². The molecule has 2 atom stereocenters. The van der Waals surface area contributed by atoms with Crippen LogP contribution < -0.4 is 15.8 Å². The molecule has 1 amide bonds. The van der Waals surface area contributed by atoms with Gasteiger partial charge >= 0.3 is 0 Å². The molecule has 0 bridgehead atoms. The number of rotatable bonds is 4. The summed E-state index contributed by atoms with van der Waals surface area (Å²) in [4.78, 5) is 16.2. The third kappa shape index (κ3) is 5.85. The monoisotopic (exact) mass is 387 g/mol. The van der Waals surface area contributed by atoms with E-state index in [0.717, 1.165) is 19.3 Å². The summed E-state index contributed by atoms with van der Waals surface area (Å²) in [6.45, 7) is 0. The number of nitrogens with one attached hydrogen (secondary N) is 1. The number of benzene rings is 1. The molecule has 0 aliphatic heterocycles. The van der Waals surface area contributed by atoms with Gasteiger partial charge in [-0.25, -0.2) is 9.37 Å². The van der Waals surface area contributed by atoms with E-state index in [1.807, 2.05) is 0 Å². The molecule has 1 aliphatic rings. The highest BCUT2D eigenvalue weighted by molar-refractivity contribution is 5.92. The lowest BCUT2D eigenvalue weighted by atomic mass is 10.1. The van der Waals surface area contributed by atoms with Gasteiger partial charge in [-0.05, 0) is 49.6 Å². The second kappa shape index (κ2) is 9.56. The fraction of sp³-hybridized carbons (Fsp3) is 0.294. The molecule has 0 saturated heterocycles. The van der Waals surface area contributed by atoms with Crippen molar-refractivity contribution in [2.75, 3.05) is 5.32 Å². The van der Waals surface area contributed by atoms with Gasteiger partial charge in [0.15, 0.2) is 0 Å². The first-order chi connectivity index (χ1) is 11.1. The molecule has 1 aliphatic carbocycles. The summed E-state index contributed by atoms with van der Waals surface area (Å²) in [5.74, 6) is 0.496. The average Bonchev–Trinajstić information content (AvgIpc) is 2.98. The first kappa shape index (κ1) is 21.2. The van der Waals surface area contributed by atoms with E-state index in [4.69, 9.17) is 10.5 Å². The molecule has 2 aromatic rings. The predicted octanol–water partition coefficient (Wildman–Crippen LogP) is 3.92. The van der Waals surface area contributed by atoms with Crippen molar-refractivity contribution in [3.63, 3.8) is 0 Å². The standard InChI is InChI=1S/C17H18FN3O2.2ClH/c18-12-2-6-15(7-3-12)23-16-8-5-14(10-20-16)21-17(22)11-1-4-13(19)9-11;;/h2-3,5-8,10-11,13H,1,4,9,19H2,(H,21,22);2*1H. The molecule has 0 radical (unpaired) electrons. The number of nitrogens with zero attached hydrogens (tertiary/aromatic N) is 1. The van der Waals surface area contributed by atoms with Crippen molar-refractivity contribution in [1.82, 2.24) is 4.98 Å². The Bertz CT molecular complexity index is 683. The van der Waals surface area contributed by atoms with Crippen molar-refractivity contribution < 1.29 is 13.9 Å². The third-order valence-electron chi connectivity index (χ3n) is 3.88. The Morgan fingerprint density at radius 2 is 1.88 bits per heavy atom. The Balaban J connectivity index is 0.00000156. The second-order valence-corrected chi connectivity index (χ2v) is 5.70. The number of halogens is 3.